The minimum atomic E-state index is -0.391. The van der Waals surface area contributed by atoms with Crippen LogP contribution in [0.25, 0.3) is 0 Å². The highest BCUT2D eigenvalue weighted by Crippen LogP contribution is 2.32. The molecule has 0 unspecified atom stereocenters. The number of halogens is 2. The Morgan fingerprint density at radius 1 is 1.10 bits per heavy atom. The van der Waals surface area contributed by atoms with Crippen molar-refractivity contribution in [3.05, 3.63) is 35.4 Å². The van der Waals surface area contributed by atoms with E-state index in [2.05, 4.69) is 9.80 Å². The van der Waals surface area contributed by atoms with Crippen LogP contribution < -0.4 is 0 Å². The highest BCUT2D eigenvalue weighted by Gasteiger charge is 2.31. The van der Waals surface area contributed by atoms with Gasteiger partial charge in [-0.1, -0.05) is 0 Å². The molecule has 1 aliphatic carbocycles. The zero-order valence-corrected chi connectivity index (χ0v) is 12.1. The van der Waals surface area contributed by atoms with Crippen LogP contribution in [0.15, 0.2) is 18.2 Å². The molecule has 0 bridgehead atoms. The van der Waals surface area contributed by atoms with E-state index in [0.29, 0.717) is 18.0 Å². The Hall–Kier alpha value is -1.04. The van der Waals surface area contributed by atoms with Crippen LogP contribution in [0.3, 0.4) is 0 Å². The summed E-state index contributed by atoms with van der Waals surface area (Å²) in [7, 11) is 0. The van der Waals surface area contributed by atoms with E-state index in [1.807, 2.05) is 0 Å². The summed E-state index contributed by atoms with van der Waals surface area (Å²) in [6, 6.07) is 3.61. The number of hydrogen-bond donors (Lipinski definition) is 1. The normalized spacial score (nSPS) is 22.4. The highest BCUT2D eigenvalue weighted by atomic mass is 19.1. The second kappa shape index (κ2) is 6.38. The summed E-state index contributed by atoms with van der Waals surface area (Å²) in [5, 5.41) is 9.96. The lowest BCUT2D eigenvalue weighted by atomic mass is 10.1. The topological polar surface area (TPSA) is 26.7 Å². The van der Waals surface area contributed by atoms with Crippen molar-refractivity contribution in [2.45, 2.75) is 25.5 Å². The fourth-order valence-electron chi connectivity index (χ4n) is 2.93. The average Bonchev–Trinajstić information content (AvgIpc) is 3.29. The third-order valence-corrected chi connectivity index (χ3v) is 4.48. The number of piperazine rings is 1. The largest absolute Gasteiger partial charge is 0.392 e. The summed E-state index contributed by atoms with van der Waals surface area (Å²) in [5.74, 6) is -0.231. The Morgan fingerprint density at radius 2 is 1.76 bits per heavy atom. The van der Waals surface area contributed by atoms with Gasteiger partial charge in [0.05, 0.1) is 6.10 Å². The molecule has 21 heavy (non-hydrogen) atoms. The van der Waals surface area contributed by atoms with Crippen molar-refractivity contribution in [1.82, 2.24) is 9.80 Å². The number of hydrogen-bond acceptors (Lipinski definition) is 3. The van der Waals surface area contributed by atoms with Crippen molar-refractivity contribution >= 4 is 0 Å². The van der Waals surface area contributed by atoms with Gasteiger partial charge in [-0.25, -0.2) is 8.78 Å². The molecule has 1 aromatic carbocycles. The fraction of sp³-hybridized carbons (Fsp3) is 0.625. The monoisotopic (exact) mass is 296 g/mol. The number of β-amino-alcohol motifs (C(OH)–C–C–N with tert-alkyl or cyclic N) is 1. The van der Waals surface area contributed by atoms with Gasteiger partial charge in [-0.05, 0) is 37.0 Å². The van der Waals surface area contributed by atoms with Gasteiger partial charge in [-0.2, -0.15) is 0 Å². The Morgan fingerprint density at radius 3 is 2.43 bits per heavy atom. The molecular formula is C16H22F2N2O. The number of nitrogens with zero attached hydrogens (tertiary/aromatic N) is 2. The first-order valence-corrected chi connectivity index (χ1v) is 7.68. The van der Waals surface area contributed by atoms with Crippen LogP contribution in [-0.2, 0) is 6.54 Å². The van der Waals surface area contributed by atoms with Gasteiger partial charge in [0.15, 0.2) is 0 Å². The van der Waals surface area contributed by atoms with Gasteiger partial charge in [0.2, 0.25) is 0 Å². The smallest absolute Gasteiger partial charge is 0.127 e. The molecule has 1 N–H and O–H groups in total. The number of benzene rings is 1. The van der Waals surface area contributed by atoms with Crippen LogP contribution in [0.1, 0.15) is 18.4 Å². The summed E-state index contributed by atoms with van der Waals surface area (Å²) in [5.41, 5.74) is 0.418. The fourth-order valence-corrected chi connectivity index (χ4v) is 2.93. The van der Waals surface area contributed by atoms with Crippen LogP contribution in [0.5, 0.6) is 0 Å². The van der Waals surface area contributed by atoms with Gasteiger partial charge in [-0.3, -0.25) is 9.80 Å². The Labute approximate surface area is 124 Å². The van der Waals surface area contributed by atoms with E-state index in [-0.39, 0.29) is 11.9 Å². The first-order chi connectivity index (χ1) is 10.1. The first-order valence-electron chi connectivity index (χ1n) is 7.68. The first kappa shape index (κ1) is 14.9. The van der Waals surface area contributed by atoms with Gasteiger partial charge >= 0.3 is 0 Å². The van der Waals surface area contributed by atoms with Gasteiger partial charge < -0.3 is 5.11 Å². The third kappa shape index (κ3) is 3.99. The molecule has 0 aromatic heterocycles. The molecule has 3 nitrogen and oxygen atoms in total. The van der Waals surface area contributed by atoms with Gasteiger partial charge in [0, 0.05) is 44.8 Å². The lowest BCUT2D eigenvalue weighted by Crippen LogP contribution is -2.48. The number of aliphatic hydroxyl groups is 1. The zero-order valence-electron chi connectivity index (χ0n) is 12.1. The van der Waals surface area contributed by atoms with E-state index in [0.717, 1.165) is 51.6 Å². The molecule has 5 heteroatoms. The molecule has 3 rings (SSSR count). The predicted molar refractivity (Wildman–Crippen MR) is 76.8 cm³/mol. The molecular weight excluding hydrogens is 274 g/mol. The predicted octanol–water partition coefficient (Wildman–Crippen LogP) is 1.85. The van der Waals surface area contributed by atoms with Gasteiger partial charge in [0.1, 0.15) is 11.6 Å². The molecule has 116 valence electrons. The molecule has 1 aliphatic heterocycles. The molecule has 0 radical (unpaired) electrons. The minimum absolute atomic E-state index is 0.197. The quantitative estimate of drug-likeness (QED) is 0.898. The van der Waals surface area contributed by atoms with E-state index < -0.39 is 5.82 Å². The van der Waals surface area contributed by atoms with Crippen molar-refractivity contribution in [1.29, 1.82) is 0 Å². The summed E-state index contributed by atoms with van der Waals surface area (Å²) in [6.07, 6.45) is 2.11. The molecule has 1 saturated carbocycles. The van der Waals surface area contributed by atoms with Crippen LogP contribution in [0.4, 0.5) is 8.78 Å². The molecule has 0 spiro atoms. The van der Waals surface area contributed by atoms with Crippen molar-refractivity contribution in [3.8, 4) is 0 Å². The zero-order chi connectivity index (χ0) is 14.8. The third-order valence-electron chi connectivity index (χ3n) is 4.48. The van der Waals surface area contributed by atoms with Crippen molar-refractivity contribution in [3.63, 3.8) is 0 Å². The second-order valence-corrected chi connectivity index (χ2v) is 6.22. The van der Waals surface area contributed by atoms with Crippen LogP contribution >= 0.6 is 0 Å². The lowest BCUT2D eigenvalue weighted by molar-refractivity contribution is 0.0599. The lowest BCUT2D eigenvalue weighted by Gasteiger charge is -2.35. The van der Waals surface area contributed by atoms with E-state index in [4.69, 9.17) is 0 Å². The molecule has 1 heterocycles. The van der Waals surface area contributed by atoms with Crippen molar-refractivity contribution in [2.24, 2.45) is 5.92 Å². The maximum absolute atomic E-state index is 13.6. The summed E-state index contributed by atoms with van der Waals surface area (Å²) < 4.78 is 26.8. The van der Waals surface area contributed by atoms with Crippen LogP contribution in [0.2, 0.25) is 0 Å². The van der Waals surface area contributed by atoms with E-state index >= 15 is 0 Å². The van der Waals surface area contributed by atoms with Crippen molar-refractivity contribution < 1.29 is 13.9 Å². The maximum atomic E-state index is 13.6. The van der Waals surface area contributed by atoms with E-state index in [1.54, 1.807) is 0 Å². The molecule has 1 saturated heterocycles. The summed E-state index contributed by atoms with van der Waals surface area (Å²) >= 11 is 0. The Balaban J connectivity index is 1.48. The van der Waals surface area contributed by atoms with E-state index in [9.17, 15) is 13.9 Å². The van der Waals surface area contributed by atoms with Crippen molar-refractivity contribution in [2.75, 3.05) is 32.7 Å². The highest BCUT2D eigenvalue weighted by molar-refractivity contribution is 5.18. The van der Waals surface area contributed by atoms with Crippen LogP contribution in [0, 0.1) is 17.6 Å². The molecule has 2 aliphatic rings. The van der Waals surface area contributed by atoms with Gasteiger partial charge in [0.25, 0.3) is 0 Å². The van der Waals surface area contributed by atoms with E-state index in [1.165, 1.54) is 12.1 Å². The number of aliphatic hydroxyl groups excluding tert-OH is 1. The average molecular weight is 296 g/mol. The van der Waals surface area contributed by atoms with Crippen LogP contribution in [-0.4, -0.2) is 53.7 Å². The SMILES string of the molecule is O[C@@H](CN1CCN(Cc2cc(F)ccc2F)CC1)C1CC1. The molecule has 1 aromatic rings. The number of rotatable bonds is 5. The maximum Gasteiger partial charge on any atom is 0.127 e. The summed E-state index contributed by atoms with van der Waals surface area (Å²) in [4.78, 5) is 4.40. The molecule has 0 amide bonds. The second-order valence-electron chi connectivity index (χ2n) is 6.22. The minimum Gasteiger partial charge on any atom is -0.392 e. The standard InChI is InChI=1S/C16H22F2N2O/c17-14-3-4-15(18)13(9-14)10-19-5-7-20(8-6-19)11-16(21)12-1-2-12/h3-4,9,12,16,21H,1-2,5-8,10-11H2/t16-/m0/s1. The Bertz CT molecular complexity index is 485. The summed E-state index contributed by atoms with van der Waals surface area (Å²) in [6.45, 7) is 4.59. The Kier molecular flexibility index (Phi) is 4.52. The molecule has 2 fully saturated rings. The van der Waals surface area contributed by atoms with Gasteiger partial charge in [-0.15, -0.1) is 0 Å². The molecule has 1 atom stereocenters.